The van der Waals surface area contributed by atoms with Crippen molar-refractivity contribution in [3.05, 3.63) is 40.0 Å². The van der Waals surface area contributed by atoms with Gasteiger partial charge in [0.2, 0.25) is 0 Å². The second-order valence-corrected chi connectivity index (χ2v) is 4.33. The molecule has 0 fully saturated rings. The van der Waals surface area contributed by atoms with E-state index in [1.165, 1.54) is 7.11 Å². The van der Waals surface area contributed by atoms with Gasteiger partial charge in [0.05, 0.1) is 34.8 Å². The molecule has 0 atom stereocenters. The molecular weight excluding hydrogens is 261 g/mol. The number of benzene rings is 1. The van der Waals surface area contributed by atoms with Crippen molar-refractivity contribution in [2.75, 3.05) is 7.11 Å². The predicted octanol–water partition coefficient (Wildman–Crippen LogP) is 3.26. The van der Waals surface area contributed by atoms with E-state index in [4.69, 9.17) is 23.2 Å². The van der Waals surface area contributed by atoms with Crippen molar-refractivity contribution in [1.29, 1.82) is 0 Å². The summed E-state index contributed by atoms with van der Waals surface area (Å²) in [7, 11) is 1.35. The maximum Gasteiger partial charge on any atom is 0.311 e. The summed E-state index contributed by atoms with van der Waals surface area (Å²) in [6, 6.07) is 7.04. The number of carbonyl (C=O) groups is 1. The molecule has 1 aromatic carbocycles. The summed E-state index contributed by atoms with van der Waals surface area (Å²) < 4.78 is 4.58. The van der Waals surface area contributed by atoms with E-state index >= 15 is 0 Å². The highest BCUT2D eigenvalue weighted by Crippen LogP contribution is 2.27. The monoisotopic (exact) mass is 269 g/mol. The molecule has 0 N–H and O–H groups in total. The third-order valence-electron chi connectivity index (χ3n) is 2.34. The SMILES string of the molecule is COC(=O)Cc1ccc2cc(Cl)c(Cl)cc2n1. The van der Waals surface area contributed by atoms with Gasteiger partial charge in [-0.3, -0.25) is 9.78 Å². The van der Waals surface area contributed by atoms with Gasteiger partial charge < -0.3 is 4.74 Å². The molecule has 0 bridgehead atoms. The van der Waals surface area contributed by atoms with Crippen molar-refractivity contribution < 1.29 is 9.53 Å². The van der Waals surface area contributed by atoms with Gasteiger partial charge in [0.1, 0.15) is 0 Å². The summed E-state index contributed by atoms with van der Waals surface area (Å²) in [6.07, 6.45) is 0.146. The minimum absolute atomic E-state index is 0.146. The molecule has 17 heavy (non-hydrogen) atoms. The lowest BCUT2D eigenvalue weighted by molar-refractivity contribution is -0.139. The van der Waals surface area contributed by atoms with Crippen LogP contribution in [0.1, 0.15) is 5.69 Å². The van der Waals surface area contributed by atoms with E-state index in [1.807, 2.05) is 6.07 Å². The summed E-state index contributed by atoms with van der Waals surface area (Å²) in [5.41, 5.74) is 1.35. The van der Waals surface area contributed by atoms with Crippen LogP contribution in [0, 0.1) is 0 Å². The molecule has 0 aliphatic carbocycles. The Labute approximate surface area is 108 Å². The van der Waals surface area contributed by atoms with Gasteiger partial charge in [-0.15, -0.1) is 0 Å². The quantitative estimate of drug-likeness (QED) is 0.786. The first-order valence-electron chi connectivity index (χ1n) is 4.91. The Morgan fingerprint density at radius 1 is 1.29 bits per heavy atom. The summed E-state index contributed by atoms with van der Waals surface area (Å²) >= 11 is 11.8. The van der Waals surface area contributed by atoms with Crippen LogP contribution in [0.25, 0.3) is 10.9 Å². The van der Waals surface area contributed by atoms with E-state index in [0.717, 1.165) is 5.39 Å². The predicted molar refractivity (Wildman–Crippen MR) is 67.5 cm³/mol. The fourth-order valence-corrected chi connectivity index (χ4v) is 1.81. The summed E-state index contributed by atoms with van der Waals surface area (Å²) in [5.74, 6) is -0.322. The Balaban J connectivity index is 2.43. The van der Waals surface area contributed by atoms with Crippen molar-refractivity contribution in [1.82, 2.24) is 4.98 Å². The Bertz CT molecular complexity index is 584. The standard InChI is InChI=1S/C12H9Cl2NO2/c1-17-12(16)5-8-3-2-7-4-9(13)10(14)6-11(7)15-8/h2-4,6H,5H2,1H3. The van der Waals surface area contributed by atoms with Crippen molar-refractivity contribution in [3.63, 3.8) is 0 Å². The molecule has 0 amide bonds. The molecule has 0 saturated carbocycles. The van der Waals surface area contributed by atoms with Gasteiger partial charge in [-0.2, -0.15) is 0 Å². The highest BCUT2D eigenvalue weighted by molar-refractivity contribution is 6.42. The second-order valence-electron chi connectivity index (χ2n) is 3.51. The van der Waals surface area contributed by atoms with E-state index < -0.39 is 0 Å². The van der Waals surface area contributed by atoms with Gasteiger partial charge in [0.15, 0.2) is 0 Å². The van der Waals surface area contributed by atoms with Gasteiger partial charge in [-0.25, -0.2) is 0 Å². The smallest absolute Gasteiger partial charge is 0.311 e. The second kappa shape index (κ2) is 4.90. The molecular formula is C12H9Cl2NO2. The first-order valence-corrected chi connectivity index (χ1v) is 5.67. The molecule has 0 aliphatic heterocycles. The fourth-order valence-electron chi connectivity index (χ4n) is 1.48. The highest BCUT2D eigenvalue weighted by Gasteiger charge is 2.07. The Morgan fingerprint density at radius 3 is 2.71 bits per heavy atom. The molecule has 1 aromatic heterocycles. The molecule has 2 rings (SSSR count). The lowest BCUT2D eigenvalue weighted by Gasteiger charge is -2.03. The van der Waals surface area contributed by atoms with Crippen molar-refractivity contribution in [3.8, 4) is 0 Å². The molecule has 0 aliphatic rings. The Morgan fingerprint density at radius 2 is 2.00 bits per heavy atom. The lowest BCUT2D eigenvalue weighted by atomic mass is 10.2. The van der Waals surface area contributed by atoms with Gasteiger partial charge in [-0.1, -0.05) is 29.3 Å². The maximum atomic E-state index is 11.1. The number of fused-ring (bicyclic) bond motifs is 1. The summed E-state index contributed by atoms with van der Waals surface area (Å²) in [6.45, 7) is 0. The number of ether oxygens (including phenoxy) is 1. The van der Waals surface area contributed by atoms with Crippen LogP contribution >= 0.6 is 23.2 Å². The zero-order valence-electron chi connectivity index (χ0n) is 9.04. The van der Waals surface area contributed by atoms with Crippen LogP contribution in [0.15, 0.2) is 24.3 Å². The minimum Gasteiger partial charge on any atom is -0.469 e. The normalized spacial score (nSPS) is 10.5. The van der Waals surface area contributed by atoms with E-state index in [1.54, 1.807) is 18.2 Å². The van der Waals surface area contributed by atoms with Crippen LogP contribution in [0.3, 0.4) is 0 Å². The molecule has 2 aromatic rings. The zero-order chi connectivity index (χ0) is 12.4. The van der Waals surface area contributed by atoms with Crippen molar-refractivity contribution >= 4 is 40.1 Å². The maximum absolute atomic E-state index is 11.1. The first-order chi connectivity index (χ1) is 8.10. The fraction of sp³-hybridized carbons (Fsp3) is 0.167. The van der Waals surface area contributed by atoms with Crippen LogP contribution in [0.2, 0.25) is 10.0 Å². The number of aromatic nitrogens is 1. The molecule has 0 spiro atoms. The van der Waals surface area contributed by atoms with Gasteiger partial charge in [0.25, 0.3) is 0 Å². The van der Waals surface area contributed by atoms with E-state index in [9.17, 15) is 4.79 Å². The highest BCUT2D eigenvalue weighted by atomic mass is 35.5. The van der Waals surface area contributed by atoms with Gasteiger partial charge >= 0.3 is 5.97 Å². The number of hydrogen-bond acceptors (Lipinski definition) is 3. The Kier molecular flexibility index (Phi) is 3.50. The molecule has 5 heteroatoms. The Hall–Kier alpha value is -1.32. The molecule has 88 valence electrons. The minimum atomic E-state index is -0.322. The van der Waals surface area contributed by atoms with E-state index in [-0.39, 0.29) is 12.4 Å². The van der Waals surface area contributed by atoms with Crippen molar-refractivity contribution in [2.45, 2.75) is 6.42 Å². The number of pyridine rings is 1. The number of nitrogens with zero attached hydrogens (tertiary/aromatic N) is 1. The number of esters is 1. The van der Waals surface area contributed by atoms with Crippen LogP contribution in [0.5, 0.6) is 0 Å². The van der Waals surface area contributed by atoms with Crippen molar-refractivity contribution in [2.24, 2.45) is 0 Å². The van der Waals surface area contributed by atoms with Gasteiger partial charge in [-0.05, 0) is 18.2 Å². The van der Waals surface area contributed by atoms with Gasteiger partial charge in [0, 0.05) is 5.39 Å². The summed E-state index contributed by atoms with van der Waals surface area (Å²) in [5, 5.41) is 1.82. The number of halogens is 2. The number of carbonyl (C=O) groups excluding carboxylic acids is 1. The zero-order valence-corrected chi connectivity index (χ0v) is 10.5. The number of rotatable bonds is 2. The average molecular weight is 270 g/mol. The van der Waals surface area contributed by atoms with Crippen LogP contribution < -0.4 is 0 Å². The average Bonchev–Trinajstić information content (AvgIpc) is 2.31. The molecule has 0 unspecified atom stereocenters. The van der Waals surface area contributed by atoms with E-state index in [2.05, 4.69) is 9.72 Å². The molecule has 0 radical (unpaired) electrons. The first kappa shape index (κ1) is 12.1. The molecule has 3 nitrogen and oxygen atoms in total. The largest absolute Gasteiger partial charge is 0.469 e. The third-order valence-corrected chi connectivity index (χ3v) is 3.06. The van der Waals surface area contributed by atoms with Crippen LogP contribution in [0.4, 0.5) is 0 Å². The number of methoxy groups -OCH3 is 1. The molecule has 1 heterocycles. The van der Waals surface area contributed by atoms with E-state index in [0.29, 0.717) is 21.3 Å². The third kappa shape index (κ3) is 2.68. The summed E-state index contributed by atoms with van der Waals surface area (Å²) in [4.78, 5) is 15.5. The number of hydrogen-bond donors (Lipinski definition) is 0. The van der Waals surface area contributed by atoms with Crippen LogP contribution in [-0.2, 0) is 16.0 Å². The topological polar surface area (TPSA) is 39.2 Å². The van der Waals surface area contributed by atoms with Crippen LogP contribution in [-0.4, -0.2) is 18.1 Å². The lowest BCUT2D eigenvalue weighted by Crippen LogP contribution is -2.05. The molecule has 0 saturated heterocycles.